The van der Waals surface area contributed by atoms with Gasteiger partial charge in [-0.25, -0.2) is 9.37 Å². The van der Waals surface area contributed by atoms with Crippen molar-refractivity contribution in [2.45, 2.75) is 12.8 Å². The van der Waals surface area contributed by atoms with Crippen molar-refractivity contribution in [3.05, 3.63) is 42.0 Å². The molecule has 100 valence electrons. The monoisotopic (exact) mass is 268 g/mol. The highest BCUT2D eigenvalue weighted by Crippen LogP contribution is 2.23. The second-order valence-corrected chi connectivity index (χ2v) is 4.76. The van der Waals surface area contributed by atoms with E-state index in [0.29, 0.717) is 11.3 Å². The number of rotatable bonds is 2. The van der Waals surface area contributed by atoms with Crippen LogP contribution in [-0.4, -0.2) is 23.1 Å². The van der Waals surface area contributed by atoms with Gasteiger partial charge in [0.1, 0.15) is 17.7 Å². The van der Waals surface area contributed by atoms with Crippen LogP contribution in [0.2, 0.25) is 0 Å². The van der Waals surface area contributed by atoms with Crippen molar-refractivity contribution in [3.8, 4) is 17.3 Å². The van der Waals surface area contributed by atoms with Crippen molar-refractivity contribution < 1.29 is 4.39 Å². The Morgan fingerprint density at radius 1 is 1.20 bits per heavy atom. The van der Waals surface area contributed by atoms with E-state index in [1.54, 1.807) is 18.5 Å². The van der Waals surface area contributed by atoms with Gasteiger partial charge in [-0.1, -0.05) is 6.07 Å². The number of nitriles is 1. The molecule has 1 aliphatic heterocycles. The van der Waals surface area contributed by atoms with Gasteiger partial charge in [-0.2, -0.15) is 5.26 Å². The van der Waals surface area contributed by atoms with Gasteiger partial charge in [0, 0.05) is 18.7 Å². The van der Waals surface area contributed by atoms with Gasteiger partial charge in [0.25, 0.3) is 0 Å². The number of benzene rings is 1. The molecule has 2 heterocycles. The molecule has 1 aromatic heterocycles. The molecule has 2 aromatic rings. The molecule has 0 saturated carbocycles. The fourth-order valence-electron chi connectivity index (χ4n) is 2.36. The Bertz CT molecular complexity index is 672. The molecule has 0 bridgehead atoms. The topological polar surface area (TPSA) is 52.8 Å². The molecule has 5 heteroatoms. The number of halogens is 1. The molecule has 0 N–H and O–H groups in total. The van der Waals surface area contributed by atoms with Gasteiger partial charge in [-0.15, -0.1) is 0 Å². The summed E-state index contributed by atoms with van der Waals surface area (Å²) in [5.74, 6) is 0.295. The van der Waals surface area contributed by atoms with Crippen molar-refractivity contribution in [2.24, 2.45) is 0 Å². The zero-order chi connectivity index (χ0) is 13.9. The summed E-state index contributed by atoms with van der Waals surface area (Å²) in [6, 6.07) is 6.30. The van der Waals surface area contributed by atoms with E-state index in [1.165, 1.54) is 12.1 Å². The molecule has 1 aromatic carbocycles. The van der Waals surface area contributed by atoms with Crippen LogP contribution in [0.1, 0.15) is 18.4 Å². The summed E-state index contributed by atoms with van der Waals surface area (Å²) in [6.45, 7) is 1.97. The first-order valence-corrected chi connectivity index (χ1v) is 6.55. The van der Waals surface area contributed by atoms with E-state index in [0.717, 1.165) is 31.7 Å². The highest BCUT2D eigenvalue weighted by Gasteiger charge is 2.15. The minimum absolute atomic E-state index is 0.0393. The fourth-order valence-corrected chi connectivity index (χ4v) is 2.36. The predicted octanol–water partition coefficient (Wildman–Crippen LogP) is 2.75. The minimum atomic E-state index is -0.529. The predicted molar refractivity (Wildman–Crippen MR) is 73.6 cm³/mol. The maximum absolute atomic E-state index is 13.7. The van der Waals surface area contributed by atoms with E-state index in [9.17, 15) is 4.39 Å². The molecule has 3 rings (SSSR count). The Morgan fingerprint density at radius 3 is 2.70 bits per heavy atom. The summed E-state index contributed by atoms with van der Waals surface area (Å²) < 4.78 is 13.7. The second-order valence-electron chi connectivity index (χ2n) is 4.76. The van der Waals surface area contributed by atoms with Crippen molar-refractivity contribution in [1.82, 2.24) is 9.97 Å². The zero-order valence-corrected chi connectivity index (χ0v) is 10.9. The first kappa shape index (κ1) is 12.5. The van der Waals surface area contributed by atoms with Crippen LogP contribution in [0.15, 0.2) is 30.6 Å². The summed E-state index contributed by atoms with van der Waals surface area (Å²) in [6.07, 6.45) is 5.67. The van der Waals surface area contributed by atoms with Gasteiger partial charge in [0.05, 0.1) is 23.7 Å². The molecule has 0 atom stereocenters. The Morgan fingerprint density at radius 2 is 2.00 bits per heavy atom. The first-order valence-electron chi connectivity index (χ1n) is 6.55. The molecule has 1 saturated heterocycles. The summed E-state index contributed by atoms with van der Waals surface area (Å²) in [5, 5.41) is 8.74. The van der Waals surface area contributed by atoms with Crippen LogP contribution in [0.3, 0.4) is 0 Å². The Kier molecular flexibility index (Phi) is 3.30. The highest BCUT2D eigenvalue weighted by molar-refractivity contribution is 5.61. The maximum atomic E-state index is 13.7. The van der Waals surface area contributed by atoms with Crippen LogP contribution < -0.4 is 4.90 Å². The van der Waals surface area contributed by atoms with Crippen LogP contribution in [0.25, 0.3) is 11.3 Å². The summed E-state index contributed by atoms with van der Waals surface area (Å²) in [7, 11) is 0. The molecule has 1 aliphatic rings. The standard InChI is InChI=1S/C15H13FN4/c16-13-7-11(3-4-12(13)8-17)14-9-18-10-15(19-14)20-5-1-2-6-20/h3-4,7,9-10H,1-2,5-6H2. The third-order valence-electron chi connectivity index (χ3n) is 3.44. The molecule has 0 unspecified atom stereocenters. The number of hydrogen-bond donors (Lipinski definition) is 0. The largest absolute Gasteiger partial charge is 0.355 e. The van der Waals surface area contributed by atoms with E-state index < -0.39 is 5.82 Å². The van der Waals surface area contributed by atoms with Crippen molar-refractivity contribution in [2.75, 3.05) is 18.0 Å². The van der Waals surface area contributed by atoms with Gasteiger partial charge in [0.2, 0.25) is 0 Å². The lowest BCUT2D eigenvalue weighted by Gasteiger charge is -2.16. The third-order valence-corrected chi connectivity index (χ3v) is 3.44. The van der Waals surface area contributed by atoms with E-state index in [1.807, 2.05) is 6.07 Å². The molecule has 1 fully saturated rings. The Hall–Kier alpha value is -2.48. The van der Waals surface area contributed by atoms with Crippen molar-refractivity contribution in [3.63, 3.8) is 0 Å². The molecular weight excluding hydrogens is 255 g/mol. The smallest absolute Gasteiger partial charge is 0.147 e. The van der Waals surface area contributed by atoms with Gasteiger partial charge in [-0.3, -0.25) is 4.98 Å². The molecule has 0 amide bonds. The van der Waals surface area contributed by atoms with Crippen molar-refractivity contribution in [1.29, 1.82) is 5.26 Å². The Balaban J connectivity index is 1.96. The van der Waals surface area contributed by atoms with Crippen LogP contribution >= 0.6 is 0 Å². The SMILES string of the molecule is N#Cc1ccc(-c2cncc(N3CCCC3)n2)cc1F. The summed E-state index contributed by atoms with van der Waals surface area (Å²) in [5.41, 5.74) is 1.30. The lowest BCUT2D eigenvalue weighted by molar-refractivity contribution is 0.624. The summed E-state index contributed by atoms with van der Waals surface area (Å²) in [4.78, 5) is 10.9. The van der Waals surface area contributed by atoms with Gasteiger partial charge < -0.3 is 4.90 Å². The molecule has 0 radical (unpaired) electrons. The van der Waals surface area contributed by atoms with Crippen LogP contribution in [0.5, 0.6) is 0 Å². The highest BCUT2D eigenvalue weighted by atomic mass is 19.1. The van der Waals surface area contributed by atoms with Crippen LogP contribution in [-0.2, 0) is 0 Å². The second kappa shape index (κ2) is 5.25. The number of hydrogen-bond acceptors (Lipinski definition) is 4. The fraction of sp³-hybridized carbons (Fsp3) is 0.267. The number of nitrogens with zero attached hydrogens (tertiary/aromatic N) is 4. The van der Waals surface area contributed by atoms with Crippen molar-refractivity contribution >= 4 is 5.82 Å². The maximum Gasteiger partial charge on any atom is 0.147 e. The lowest BCUT2D eigenvalue weighted by Crippen LogP contribution is -2.19. The van der Waals surface area contributed by atoms with Crippen LogP contribution in [0.4, 0.5) is 10.2 Å². The molecule has 0 spiro atoms. The van der Waals surface area contributed by atoms with E-state index >= 15 is 0 Å². The van der Waals surface area contributed by atoms with E-state index in [2.05, 4.69) is 14.9 Å². The number of aromatic nitrogens is 2. The molecular formula is C15H13FN4. The average molecular weight is 268 g/mol. The molecule has 4 nitrogen and oxygen atoms in total. The first-order chi connectivity index (χ1) is 9.78. The van der Waals surface area contributed by atoms with Gasteiger partial charge in [0.15, 0.2) is 0 Å². The molecule has 20 heavy (non-hydrogen) atoms. The van der Waals surface area contributed by atoms with Crippen LogP contribution in [0, 0.1) is 17.1 Å². The third kappa shape index (κ3) is 2.32. The lowest BCUT2D eigenvalue weighted by atomic mass is 10.1. The quantitative estimate of drug-likeness (QED) is 0.840. The Labute approximate surface area is 116 Å². The zero-order valence-electron chi connectivity index (χ0n) is 10.9. The average Bonchev–Trinajstić information content (AvgIpc) is 3.01. The normalized spacial score (nSPS) is 14.3. The minimum Gasteiger partial charge on any atom is -0.355 e. The van der Waals surface area contributed by atoms with E-state index in [4.69, 9.17) is 5.26 Å². The summed E-state index contributed by atoms with van der Waals surface area (Å²) >= 11 is 0. The molecule has 0 aliphatic carbocycles. The number of anilines is 1. The van der Waals surface area contributed by atoms with Gasteiger partial charge >= 0.3 is 0 Å². The van der Waals surface area contributed by atoms with Gasteiger partial charge in [-0.05, 0) is 25.0 Å². The van der Waals surface area contributed by atoms with E-state index in [-0.39, 0.29) is 5.56 Å².